The molecule has 7 heteroatoms. The second-order valence-corrected chi connectivity index (χ2v) is 6.16. The summed E-state index contributed by atoms with van der Waals surface area (Å²) in [6.07, 6.45) is 1.38. The highest BCUT2D eigenvalue weighted by Gasteiger charge is 2.27. The maximum Gasteiger partial charge on any atom is 0.338 e. The van der Waals surface area contributed by atoms with Gasteiger partial charge in [-0.05, 0) is 25.1 Å². The fourth-order valence-corrected chi connectivity index (χ4v) is 2.92. The van der Waals surface area contributed by atoms with Crippen molar-refractivity contribution in [2.24, 2.45) is 0 Å². The van der Waals surface area contributed by atoms with Crippen LogP contribution in [0.1, 0.15) is 39.3 Å². The first-order chi connectivity index (χ1) is 12.6. The summed E-state index contributed by atoms with van der Waals surface area (Å²) in [5.41, 5.74) is 1.48. The van der Waals surface area contributed by atoms with E-state index < -0.39 is 5.97 Å². The van der Waals surface area contributed by atoms with Crippen LogP contribution in [0.25, 0.3) is 0 Å². The summed E-state index contributed by atoms with van der Waals surface area (Å²) < 4.78 is 10.6. The Hall–Kier alpha value is -2.96. The standard InChI is InChI=1S/C19H21N3O4/c1-13-7-8-17(21-20-13)26-14-9-11-22(12-10-14)18(23)15-5-3-4-6-16(15)19(24)25-2/h3-8,14H,9-12H2,1-2H3. The minimum atomic E-state index is -0.509. The number of hydrogen-bond acceptors (Lipinski definition) is 6. The number of piperidine rings is 1. The van der Waals surface area contributed by atoms with Crippen LogP contribution >= 0.6 is 0 Å². The van der Waals surface area contributed by atoms with Crippen molar-refractivity contribution in [2.75, 3.05) is 20.2 Å². The highest BCUT2D eigenvalue weighted by molar-refractivity contribution is 6.05. The van der Waals surface area contributed by atoms with E-state index in [0.717, 1.165) is 5.69 Å². The number of nitrogens with zero attached hydrogens (tertiary/aromatic N) is 3. The lowest BCUT2D eigenvalue weighted by molar-refractivity contribution is 0.0551. The van der Waals surface area contributed by atoms with Crippen LogP contribution in [0.5, 0.6) is 5.88 Å². The molecule has 0 bridgehead atoms. The van der Waals surface area contributed by atoms with Gasteiger partial charge in [0.25, 0.3) is 5.91 Å². The quantitative estimate of drug-likeness (QED) is 0.783. The van der Waals surface area contributed by atoms with Gasteiger partial charge in [0.2, 0.25) is 5.88 Å². The summed E-state index contributed by atoms with van der Waals surface area (Å²) in [6.45, 7) is 2.98. The van der Waals surface area contributed by atoms with Crippen molar-refractivity contribution in [2.45, 2.75) is 25.9 Å². The van der Waals surface area contributed by atoms with Crippen molar-refractivity contribution in [3.8, 4) is 5.88 Å². The van der Waals surface area contributed by atoms with Crippen molar-refractivity contribution in [3.63, 3.8) is 0 Å². The Morgan fingerprint density at radius 3 is 2.35 bits per heavy atom. The van der Waals surface area contributed by atoms with Gasteiger partial charge in [-0.15, -0.1) is 5.10 Å². The predicted octanol–water partition coefficient (Wildman–Crippen LogP) is 2.26. The summed E-state index contributed by atoms with van der Waals surface area (Å²) in [6, 6.07) is 10.4. The Morgan fingerprint density at radius 1 is 1.04 bits per heavy atom. The van der Waals surface area contributed by atoms with Gasteiger partial charge in [0.1, 0.15) is 6.10 Å². The van der Waals surface area contributed by atoms with Crippen molar-refractivity contribution >= 4 is 11.9 Å². The third-order valence-electron chi connectivity index (χ3n) is 4.35. The maximum absolute atomic E-state index is 12.8. The number of esters is 1. The second kappa shape index (κ2) is 7.95. The number of carbonyl (C=O) groups excluding carboxylic acids is 2. The highest BCUT2D eigenvalue weighted by Crippen LogP contribution is 2.20. The molecule has 0 aliphatic carbocycles. The number of rotatable bonds is 4. The van der Waals surface area contributed by atoms with Crippen LogP contribution in [-0.4, -0.2) is 53.3 Å². The van der Waals surface area contributed by atoms with E-state index in [9.17, 15) is 9.59 Å². The average Bonchev–Trinajstić information content (AvgIpc) is 2.69. The molecule has 0 atom stereocenters. The topological polar surface area (TPSA) is 81.6 Å². The Morgan fingerprint density at radius 2 is 1.73 bits per heavy atom. The molecular formula is C19H21N3O4. The number of hydrogen-bond donors (Lipinski definition) is 0. The Labute approximate surface area is 151 Å². The minimum absolute atomic E-state index is 0.00749. The summed E-state index contributed by atoms with van der Waals surface area (Å²) >= 11 is 0. The van der Waals surface area contributed by atoms with E-state index in [1.54, 1.807) is 35.2 Å². The van der Waals surface area contributed by atoms with E-state index in [1.807, 2.05) is 13.0 Å². The molecule has 1 saturated heterocycles. The lowest BCUT2D eigenvalue weighted by atomic mass is 10.0. The van der Waals surface area contributed by atoms with Gasteiger partial charge in [-0.25, -0.2) is 4.79 Å². The first kappa shape index (κ1) is 17.8. The molecule has 1 aliphatic heterocycles. The van der Waals surface area contributed by atoms with Crippen LogP contribution in [-0.2, 0) is 4.74 Å². The molecule has 26 heavy (non-hydrogen) atoms. The molecule has 3 rings (SSSR count). The predicted molar refractivity (Wildman–Crippen MR) is 94.1 cm³/mol. The first-order valence-electron chi connectivity index (χ1n) is 8.52. The molecule has 0 N–H and O–H groups in total. The zero-order chi connectivity index (χ0) is 18.5. The molecule has 1 aromatic heterocycles. The van der Waals surface area contributed by atoms with Crippen LogP contribution in [0.3, 0.4) is 0 Å². The molecule has 1 fully saturated rings. The molecule has 1 aliphatic rings. The maximum atomic E-state index is 12.8. The van der Waals surface area contributed by atoms with Crippen LogP contribution in [0.15, 0.2) is 36.4 Å². The zero-order valence-electron chi connectivity index (χ0n) is 14.8. The highest BCUT2D eigenvalue weighted by atomic mass is 16.5. The summed E-state index contributed by atoms with van der Waals surface area (Å²) in [4.78, 5) is 26.4. The number of carbonyl (C=O) groups is 2. The van der Waals surface area contributed by atoms with Gasteiger partial charge in [-0.3, -0.25) is 4.79 Å². The van der Waals surface area contributed by atoms with Crippen LogP contribution in [0.4, 0.5) is 0 Å². The second-order valence-electron chi connectivity index (χ2n) is 6.16. The zero-order valence-corrected chi connectivity index (χ0v) is 14.8. The molecular weight excluding hydrogens is 334 g/mol. The van der Waals surface area contributed by atoms with Crippen molar-refractivity contribution < 1.29 is 19.1 Å². The lowest BCUT2D eigenvalue weighted by Crippen LogP contribution is -2.42. The number of benzene rings is 1. The SMILES string of the molecule is COC(=O)c1ccccc1C(=O)N1CCC(Oc2ccc(C)nn2)CC1. The molecule has 1 amide bonds. The van der Waals surface area contributed by atoms with Gasteiger partial charge in [0.15, 0.2) is 0 Å². The molecule has 0 unspecified atom stereocenters. The van der Waals surface area contributed by atoms with Crippen LogP contribution < -0.4 is 4.74 Å². The number of aromatic nitrogens is 2. The molecule has 2 aromatic rings. The molecule has 2 heterocycles. The Bertz CT molecular complexity index is 784. The normalized spacial score (nSPS) is 14.8. The Kier molecular flexibility index (Phi) is 5.46. The van der Waals surface area contributed by atoms with Gasteiger partial charge < -0.3 is 14.4 Å². The van der Waals surface area contributed by atoms with Crippen molar-refractivity contribution in [3.05, 3.63) is 53.2 Å². The largest absolute Gasteiger partial charge is 0.473 e. The van der Waals surface area contributed by atoms with E-state index in [-0.39, 0.29) is 17.6 Å². The first-order valence-corrected chi connectivity index (χ1v) is 8.52. The Balaban J connectivity index is 1.62. The van der Waals surface area contributed by atoms with E-state index >= 15 is 0 Å². The lowest BCUT2D eigenvalue weighted by Gasteiger charge is -2.32. The fraction of sp³-hybridized carbons (Fsp3) is 0.368. The molecule has 1 aromatic carbocycles. The summed E-state index contributed by atoms with van der Waals surface area (Å²) in [5.74, 6) is -0.180. The van der Waals surface area contributed by atoms with E-state index in [0.29, 0.717) is 37.4 Å². The molecule has 0 radical (unpaired) electrons. The summed E-state index contributed by atoms with van der Waals surface area (Å²) in [7, 11) is 1.31. The van der Waals surface area contributed by atoms with E-state index in [1.165, 1.54) is 7.11 Å². The number of ether oxygens (including phenoxy) is 2. The number of amides is 1. The monoisotopic (exact) mass is 355 g/mol. The molecule has 136 valence electrons. The molecule has 7 nitrogen and oxygen atoms in total. The molecule has 0 saturated carbocycles. The van der Waals surface area contributed by atoms with Crippen molar-refractivity contribution in [1.29, 1.82) is 0 Å². The molecule has 0 spiro atoms. The van der Waals surface area contributed by atoms with Crippen molar-refractivity contribution in [1.82, 2.24) is 15.1 Å². The number of aryl methyl sites for hydroxylation is 1. The summed E-state index contributed by atoms with van der Waals surface area (Å²) in [5, 5.41) is 7.99. The number of likely N-dealkylation sites (tertiary alicyclic amines) is 1. The van der Waals surface area contributed by atoms with Gasteiger partial charge in [0.05, 0.1) is 23.9 Å². The average molecular weight is 355 g/mol. The third kappa shape index (κ3) is 3.99. The smallest absolute Gasteiger partial charge is 0.338 e. The van der Waals surface area contributed by atoms with E-state index in [4.69, 9.17) is 9.47 Å². The van der Waals surface area contributed by atoms with Gasteiger partial charge in [-0.1, -0.05) is 12.1 Å². The minimum Gasteiger partial charge on any atom is -0.473 e. The van der Waals surface area contributed by atoms with Gasteiger partial charge in [-0.2, -0.15) is 5.10 Å². The van der Waals surface area contributed by atoms with E-state index in [2.05, 4.69) is 10.2 Å². The van der Waals surface area contributed by atoms with Gasteiger partial charge in [0, 0.05) is 32.0 Å². The van der Waals surface area contributed by atoms with Gasteiger partial charge >= 0.3 is 5.97 Å². The van der Waals surface area contributed by atoms with Crippen LogP contribution in [0, 0.1) is 6.92 Å². The van der Waals surface area contributed by atoms with Crippen LogP contribution in [0.2, 0.25) is 0 Å². The fourth-order valence-electron chi connectivity index (χ4n) is 2.92. The number of methoxy groups -OCH3 is 1. The third-order valence-corrected chi connectivity index (χ3v) is 4.35.